The van der Waals surface area contributed by atoms with E-state index in [0.29, 0.717) is 10.0 Å². The summed E-state index contributed by atoms with van der Waals surface area (Å²) in [6, 6.07) is 5.00. The van der Waals surface area contributed by atoms with Crippen molar-refractivity contribution < 1.29 is 19.1 Å². The van der Waals surface area contributed by atoms with E-state index in [1.165, 1.54) is 0 Å². The van der Waals surface area contributed by atoms with Crippen LogP contribution in [0, 0.1) is 5.92 Å². The molecule has 1 aromatic rings. The minimum Gasteiger partial charge on any atom is -0.465 e. The van der Waals surface area contributed by atoms with Gasteiger partial charge in [-0.3, -0.25) is 9.59 Å². The van der Waals surface area contributed by atoms with Crippen LogP contribution in [0.5, 0.6) is 0 Å². The number of hydrogen-bond donors (Lipinski definition) is 0. The van der Waals surface area contributed by atoms with Gasteiger partial charge in [0.25, 0.3) is 0 Å². The normalized spacial score (nSPS) is 22.2. The van der Waals surface area contributed by atoms with Gasteiger partial charge < -0.3 is 9.47 Å². The quantitative estimate of drug-likeness (QED) is 0.636. The van der Waals surface area contributed by atoms with Gasteiger partial charge in [-0.05, 0) is 24.6 Å². The molecule has 0 unspecified atom stereocenters. The summed E-state index contributed by atoms with van der Waals surface area (Å²) in [7, 11) is 0. The molecule has 0 saturated carbocycles. The third kappa shape index (κ3) is 2.85. The number of rotatable bonds is 3. The highest BCUT2D eigenvalue weighted by Crippen LogP contribution is 2.35. The number of benzene rings is 1. The molecular weight excluding hydrogens is 291 g/mol. The topological polar surface area (TPSA) is 52.6 Å². The lowest BCUT2D eigenvalue weighted by Gasteiger charge is -2.14. The summed E-state index contributed by atoms with van der Waals surface area (Å²) in [4.78, 5) is 23.5. The first-order valence-corrected chi connectivity index (χ1v) is 6.58. The molecule has 1 heterocycles. The fourth-order valence-corrected chi connectivity index (χ4v) is 2.35. The molecule has 2 rings (SSSR count). The summed E-state index contributed by atoms with van der Waals surface area (Å²) in [6.07, 6.45) is 0. The fourth-order valence-electron chi connectivity index (χ4n) is 2.05. The van der Waals surface area contributed by atoms with Gasteiger partial charge >= 0.3 is 11.9 Å². The van der Waals surface area contributed by atoms with Gasteiger partial charge in [-0.25, -0.2) is 0 Å². The van der Waals surface area contributed by atoms with Crippen LogP contribution in [-0.4, -0.2) is 25.2 Å². The van der Waals surface area contributed by atoms with E-state index in [2.05, 4.69) is 0 Å². The van der Waals surface area contributed by atoms with Crippen molar-refractivity contribution in [1.29, 1.82) is 0 Å². The maximum absolute atomic E-state index is 11.8. The van der Waals surface area contributed by atoms with Crippen molar-refractivity contribution in [3.05, 3.63) is 33.8 Å². The second-order valence-electron chi connectivity index (χ2n) is 4.14. The Labute approximate surface area is 120 Å². The Bertz CT molecular complexity index is 515. The highest BCUT2D eigenvalue weighted by Gasteiger charge is 2.44. The predicted octanol–water partition coefficient (Wildman–Crippen LogP) is 2.81. The zero-order chi connectivity index (χ0) is 14.0. The Kier molecular flexibility index (Phi) is 4.32. The Morgan fingerprint density at radius 2 is 2.16 bits per heavy atom. The molecule has 102 valence electrons. The Hall–Kier alpha value is -1.26. The van der Waals surface area contributed by atoms with Crippen molar-refractivity contribution in [2.45, 2.75) is 12.8 Å². The van der Waals surface area contributed by atoms with Crippen molar-refractivity contribution in [2.75, 3.05) is 13.2 Å². The molecule has 1 aliphatic rings. The van der Waals surface area contributed by atoms with Gasteiger partial charge in [0, 0.05) is 5.92 Å². The first-order valence-electron chi connectivity index (χ1n) is 5.82. The van der Waals surface area contributed by atoms with Crippen LogP contribution in [-0.2, 0) is 19.1 Å². The average Bonchev–Trinajstić information content (AvgIpc) is 2.75. The van der Waals surface area contributed by atoms with E-state index in [9.17, 15) is 9.59 Å². The summed E-state index contributed by atoms with van der Waals surface area (Å²) < 4.78 is 9.86. The number of hydrogen-bond acceptors (Lipinski definition) is 4. The van der Waals surface area contributed by atoms with Crippen LogP contribution in [0.2, 0.25) is 10.0 Å². The lowest BCUT2D eigenvalue weighted by atomic mass is 9.88. The van der Waals surface area contributed by atoms with Gasteiger partial charge in [0.05, 0.1) is 23.3 Å². The van der Waals surface area contributed by atoms with Crippen LogP contribution in [0.1, 0.15) is 18.4 Å². The maximum atomic E-state index is 11.8. The molecule has 0 aliphatic carbocycles. The zero-order valence-corrected chi connectivity index (χ0v) is 11.7. The number of carbonyl (C=O) groups is 2. The summed E-state index contributed by atoms with van der Waals surface area (Å²) in [5.74, 6) is -2.45. The van der Waals surface area contributed by atoms with Crippen LogP contribution in [0.15, 0.2) is 18.2 Å². The van der Waals surface area contributed by atoms with Crippen LogP contribution in [0.25, 0.3) is 0 Å². The Balaban J connectivity index is 2.29. The monoisotopic (exact) mass is 302 g/mol. The van der Waals surface area contributed by atoms with E-state index >= 15 is 0 Å². The molecule has 0 bridgehead atoms. The molecular formula is C13H12Cl2O4. The van der Waals surface area contributed by atoms with Crippen molar-refractivity contribution >= 4 is 35.1 Å². The van der Waals surface area contributed by atoms with Crippen LogP contribution in [0.3, 0.4) is 0 Å². The largest absolute Gasteiger partial charge is 0.465 e. The molecule has 0 radical (unpaired) electrons. The molecule has 0 aromatic heterocycles. The molecule has 2 atom stereocenters. The van der Waals surface area contributed by atoms with Crippen LogP contribution >= 0.6 is 23.2 Å². The summed E-state index contributed by atoms with van der Waals surface area (Å²) >= 11 is 11.8. The van der Waals surface area contributed by atoms with Gasteiger partial charge in [-0.1, -0.05) is 29.3 Å². The molecule has 1 aromatic carbocycles. The van der Waals surface area contributed by atoms with Gasteiger partial charge in [0.15, 0.2) is 5.92 Å². The minimum atomic E-state index is -0.933. The van der Waals surface area contributed by atoms with E-state index in [0.717, 1.165) is 5.56 Å². The maximum Gasteiger partial charge on any atom is 0.321 e. The molecule has 1 saturated heterocycles. The lowest BCUT2D eigenvalue weighted by molar-refractivity contribution is -0.155. The average molecular weight is 303 g/mol. The van der Waals surface area contributed by atoms with E-state index in [-0.39, 0.29) is 19.1 Å². The van der Waals surface area contributed by atoms with Gasteiger partial charge in [0.1, 0.15) is 0 Å². The molecule has 0 amide bonds. The van der Waals surface area contributed by atoms with Crippen LogP contribution < -0.4 is 0 Å². The Morgan fingerprint density at radius 3 is 2.79 bits per heavy atom. The second kappa shape index (κ2) is 5.80. The first-order chi connectivity index (χ1) is 9.04. The molecule has 1 aliphatic heterocycles. The smallest absolute Gasteiger partial charge is 0.321 e. The SMILES string of the molecule is CCOC(=O)[C@@H]1C(=O)OC[C@@H]1c1ccc(Cl)c(Cl)c1. The highest BCUT2D eigenvalue weighted by atomic mass is 35.5. The van der Waals surface area contributed by atoms with Crippen molar-refractivity contribution in [1.82, 2.24) is 0 Å². The van der Waals surface area contributed by atoms with Gasteiger partial charge in [-0.15, -0.1) is 0 Å². The number of esters is 2. The third-order valence-corrected chi connectivity index (χ3v) is 3.71. The third-order valence-electron chi connectivity index (χ3n) is 2.97. The van der Waals surface area contributed by atoms with Gasteiger partial charge in [0.2, 0.25) is 0 Å². The number of halogens is 2. The molecule has 19 heavy (non-hydrogen) atoms. The molecule has 1 fully saturated rings. The number of carbonyl (C=O) groups excluding carboxylic acids is 2. The van der Waals surface area contributed by atoms with Crippen molar-refractivity contribution in [3.63, 3.8) is 0 Å². The minimum absolute atomic E-state index is 0.139. The van der Waals surface area contributed by atoms with Gasteiger partial charge in [-0.2, -0.15) is 0 Å². The molecule has 6 heteroatoms. The summed E-state index contributed by atoms with van der Waals surface area (Å²) in [5, 5.41) is 0.796. The molecule has 0 spiro atoms. The summed E-state index contributed by atoms with van der Waals surface area (Å²) in [6.45, 7) is 2.04. The zero-order valence-electron chi connectivity index (χ0n) is 10.2. The van der Waals surface area contributed by atoms with E-state index < -0.39 is 17.9 Å². The van der Waals surface area contributed by atoms with Crippen LogP contribution in [0.4, 0.5) is 0 Å². The Morgan fingerprint density at radius 1 is 1.42 bits per heavy atom. The lowest BCUT2D eigenvalue weighted by Crippen LogP contribution is -2.26. The van der Waals surface area contributed by atoms with E-state index in [1.807, 2.05) is 0 Å². The van der Waals surface area contributed by atoms with Crippen molar-refractivity contribution in [3.8, 4) is 0 Å². The van der Waals surface area contributed by atoms with E-state index in [1.54, 1.807) is 25.1 Å². The van der Waals surface area contributed by atoms with E-state index in [4.69, 9.17) is 32.7 Å². The first kappa shape index (κ1) is 14.2. The predicted molar refractivity (Wildman–Crippen MR) is 70.3 cm³/mol. The fraction of sp³-hybridized carbons (Fsp3) is 0.385. The number of ether oxygens (including phenoxy) is 2. The highest BCUT2D eigenvalue weighted by molar-refractivity contribution is 6.42. The number of cyclic esters (lactones) is 1. The second-order valence-corrected chi connectivity index (χ2v) is 4.95. The standard InChI is InChI=1S/C13H12Cl2O4/c1-2-18-12(16)11-8(6-19-13(11)17)7-3-4-9(14)10(15)5-7/h3-5,8,11H,2,6H2,1H3/t8-,11-/m1/s1. The molecule has 0 N–H and O–H groups in total. The summed E-state index contributed by atoms with van der Waals surface area (Å²) in [5.41, 5.74) is 0.735. The molecule has 4 nitrogen and oxygen atoms in total. The van der Waals surface area contributed by atoms with Crippen molar-refractivity contribution in [2.24, 2.45) is 5.92 Å².